The number of fused-ring (bicyclic) bond motifs is 1. The van der Waals surface area contributed by atoms with Crippen molar-refractivity contribution in [3.05, 3.63) is 24.0 Å². The molecule has 0 saturated heterocycles. The fourth-order valence-corrected chi connectivity index (χ4v) is 1.20. The molecule has 0 atom stereocenters. The van der Waals surface area contributed by atoms with E-state index in [2.05, 4.69) is 15.4 Å². The van der Waals surface area contributed by atoms with Gasteiger partial charge in [-0.05, 0) is 18.6 Å². The van der Waals surface area contributed by atoms with Crippen LogP contribution in [0.4, 0.5) is 5.82 Å². The van der Waals surface area contributed by atoms with E-state index in [0.717, 1.165) is 17.0 Å². The third kappa shape index (κ3) is 0.922. The Bertz CT molecular complexity index is 404. The van der Waals surface area contributed by atoms with E-state index >= 15 is 0 Å². The van der Waals surface area contributed by atoms with Crippen LogP contribution in [0.15, 0.2) is 18.5 Å². The van der Waals surface area contributed by atoms with Crippen molar-refractivity contribution >= 4 is 11.5 Å². The van der Waals surface area contributed by atoms with E-state index in [9.17, 15) is 0 Å². The summed E-state index contributed by atoms with van der Waals surface area (Å²) in [7, 11) is 1.85. The molecule has 4 heteroatoms. The predicted molar refractivity (Wildman–Crippen MR) is 47.3 cm³/mol. The van der Waals surface area contributed by atoms with Crippen LogP contribution in [0.25, 0.3) is 5.65 Å². The van der Waals surface area contributed by atoms with E-state index in [1.165, 1.54) is 0 Å². The highest BCUT2D eigenvalue weighted by molar-refractivity contribution is 5.51. The van der Waals surface area contributed by atoms with Gasteiger partial charge in [0.2, 0.25) is 0 Å². The van der Waals surface area contributed by atoms with E-state index in [1.54, 1.807) is 10.7 Å². The first-order chi connectivity index (χ1) is 5.81. The highest BCUT2D eigenvalue weighted by Crippen LogP contribution is 2.10. The van der Waals surface area contributed by atoms with E-state index in [4.69, 9.17) is 0 Å². The molecule has 2 aromatic rings. The zero-order chi connectivity index (χ0) is 8.55. The second-order valence-corrected chi connectivity index (χ2v) is 2.66. The summed E-state index contributed by atoms with van der Waals surface area (Å²) in [6.45, 7) is 2.02. The number of aromatic nitrogens is 3. The quantitative estimate of drug-likeness (QED) is 0.682. The Kier molecular flexibility index (Phi) is 1.46. The molecular formula is C8H10N4. The van der Waals surface area contributed by atoms with Crippen LogP contribution in [0.3, 0.4) is 0 Å². The maximum Gasteiger partial charge on any atom is 0.156 e. The average molecular weight is 162 g/mol. The highest BCUT2D eigenvalue weighted by atomic mass is 15.3. The van der Waals surface area contributed by atoms with Crippen LogP contribution < -0.4 is 5.32 Å². The lowest BCUT2D eigenvalue weighted by Crippen LogP contribution is -1.99. The largest absolute Gasteiger partial charge is 0.372 e. The molecule has 4 nitrogen and oxygen atoms in total. The SMILES string of the molecule is CNc1cc(C)c2nccn2n1. The van der Waals surface area contributed by atoms with Gasteiger partial charge in [-0.25, -0.2) is 9.50 Å². The minimum absolute atomic E-state index is 0.859. The van der Waals surface area contributed by atoms with Crippen LogP contribution >= 0.6 is 0 Å². The van der Waals surface area contributed by atoms with E-state index in [-0.39, 0.29) is 0 Å². The first-order valence-corrected chi connectivity index (χ1v) is 3.80. The summed E-state index contributed by atoms with van der Waals surface area (Å²) >= 11 is 0. The normalized spacial score (nSPS) is 10.5. The van der Waals surface area contributed by atoms with Crippen LogP contribution in [0.2, 0.25) is 0 Å². The van der Waals surface area contributed by atoms with E-state index in [0.29, 0.717) is 0 Å². The Morgan fingerprint density at radius 2 is 2.33 bits per heavy atom. The van der Waals surface area contributed by atoms with E-state index < -0.39 is 0 Å². The third-order valence-electron chi connectivity index (χ3n) is 1.80. The smallest absolute Gasteiger partial charge is 0.156 e. The molecule has 0 saturated carbocycles. The summed E-state index contributed by atoms with van der Waals surface area (Å²) in [5.74, 6) is 0.859. The van der Waals surface area contributed by atoms with Gasteiger partial charge < -0.3 is 5.32 Å². The van der Waals surface area contributed by atoms with Crippen LogP contribution in [0.5, 0.6) is 0 Å². The number of hydrogen-bond donors (Lipinski definition) is 1. The van der Waals surface area contributed by atoms with Crippen molar-refractivity contribution in [1.82, 2.24) is 14.6 Å². The second-order valence-electron chi connectivity index (χ2n) is 2.66. The van der Waals surface area contributed by atoms with E-state index in [1.807, 2.05) is 26.2 Å². The number of rotatable bonds is 1. The Balaban J connectivity index is 2.75. The maximum atomic E-state index is 4.26. The highest BCUT2D eigenvalue weighted by Gasteiger charge is 2.00. The van der Waals surface area contributed by atoms with Crippen LogP contribution in [0, 0.1) is 6.92 Å². The van der Waals surface area contributed by atoms with Gasteiger partial charge in [-0.3, -0.25) is 0 Å². The molecule has 0 aliphatic carbocycles. The molecular weight excluding hydrogens is 152 g/mol. The molecule has 0 bridgehead atoms. The molecule has 0 spiro atoms. The molecule has 2 aromatic heterocycles. The first kappa shape index (κ1) is 7.09. The molecule has 2 heterocycles. The molecule has 0 amide bonds. The number of anilines is 1. The van der Waals surface area contributed by atoms with Gasteiger partial charge in [-0.2, -0.15) is 0 Å². The molecule has 62 valence electrons. The van der Waals surface area contributed by atoms with Crippen molar-refractivity contribution in [1.29, 1.82) is 0 Å². The average Bonchev–Trinajstić information content (AvgIpc) is 2.52. The number of nitrogens with zero attached hydrogens (tertiary/aromatic N) is 3. The van der Waals surface area contributed by atoms with Gasteiger partial charge in [0.25, 0.3) is 0 Å². The lowest BCUT2D eigenvalue weighted by atomic mass is 10.3. The zero-order valence-electron chi connectivity index (χ0n) is 7.07. The Labute approximate surface area is 70.2 Å². The number of nitrogens with one attached hydrogen (secondary N) is 1. The summed E-state index contributed by atoms with van der Waals surface area (Å²) in [5, 5.41) is 7.25. The number of aryl methyl sites for hydroxylation is 1. The molecule has 0 radical (unpaired) electrons. The van der Waals surface area contributed by atoms with Gasteiger partial charge in [-0.1, -0.05) is 0 Å². The topological polar surface area (TPSA) is 42.2 Å². The summed E-state index contributed by atoms with van der Waals surface area (Å²) in [6.07, 6.45) is 3.58. The zero-order valence-corrected chi connectivity index (χ0v) is 7.07. The van der Waals surface area contributed by atoms with Crippen molar-refractivity contribution in [2.75, 3.05) is 12.4 Å². The van der Waals surface area contributed by atoms with Gasteiger partial charge in [0.05, 0.1) is 0 Å². The fraction of sp³-hybridized carbons (Fsp3) is 0.250. The number of imidazole rings is 1. The summed E-state index contributed by atoms with van der Waals surface area (Å²) in [4.78, 5) is 4.17. The molecule has 0 aliphatic heterocycles. The third-order valence-corrected chi connectivity index (χ3v) is 1.80. The summed E-state index contributed by atoms with van der Waals surface area (Å²) < 4.78 is 1.77. The Morgan fingerprint density at radius 1 is 1.50 bits per heavy atom. The fourth-order valence-electron chi connectivity index (χ4n) is 1.20. The molecule has 0 unspecified atom stereocenters. The van der Waals surface area contributed by atoms with Crippen LogP contribution in [-0.2, 0) is 0 Å². The molecule has 1 N–H and O–H groups in total. The first-order valence-electron chi connectivity index (χ1n) is 3.80. The minimum Gasteiger partial charge on any atom is -0.372 e. The monoisotopic (exact) mass is 162 g/mol. The summed E-state index contributed by atoms with van der Waals surface area (Å²) in [5.41, 5.74) is 2.04. The Morgan fingerprint density at radius 3 is 3.08 bits per heavy atom. The summed E-state index contributed by atoms with van der Waals surface area (Å²) in [6, 6.07) is 1.97. The van der Waals surface area contributed by atoms with Gasteiger partial charge in [0, 0.05) is 19.4 Å². The van der Waals surface area contributed by atoms with Crippen molar-refractivity contribution in [2.24, 2.45) is 0 Å². The van der Waals surface area contributed by atoms with Crippen molar-refractivity contribution in [3.8, 4) is 0 Å². The molecule has 0 aliphatic rings. The van der Waals surface area contributed by atoms with Gasteiger partial charge in [0.1, 0.15) is 5.82 Å². The molecule has 12 heavy (non-hydrogen) atoms. The molecule has 0 fully saturated rings. The minimum atomic E-state index is 0.859. The van der Waals surface area contributed by atoms with Crippen LogP contribution in [0.1, 0.15) is 5.56 Å². The molecule has 2 rings (SSSR count). The van der Waals surface area contributed by atoms with Crippen molar-refractivity contribution < 1.29 is 0 Å². The molecule has 0 aromatic carbocycles. The second kappa shape index (κ2) is 2.48. The maximum absolute atomic E-state index is 4.26. The standard InChI is InChI=1S/C8H10N4/c1-6-5-7(9-2)11-12-4-3-10-8(6)12/h3-5H,1-2H3,(H,9,11). The van der Waals surface area contributed by atoms with Crippen LogP contribution in [-0.4, -0.2) is 21.6 Å². The van der Waals surface area contributed by atoms with Crippen molar-refractivity contribution in [2.45, 2.75) is 6.92 Å². The Hall–Kier alpha value is -1.58. The van der Waals surface area contributed by atoms with Gasteiger partial charge in [0.15, 0.2) is 5.65 Å². The van der Waals surface area contributed by atoms with Gasteiger partial charge in [-0.15, -0.1) is 5.10 Å². The number of hydrogen-bond acceptors (Lipinski definition) is 3. The lowest BCUT2D eigenvalue weighted by molar-refractivity contribution is 0.931. The predicted octanol–water partition coefficient (Wildman–Crippen LogP) is 1.08. The van der Waals surface area contributed by atoms with Gasteiger partial charge >= 0.3 is 0 Å². The lowest BCUT2D eigenvalue weighted by Gasteiger charge is -2.01. The van der Waals surface area contributed by atoms with Crippen molar-refractivity contribution in [3.63, 3.8) is 0 Å².